The molecule has 1 saturated carbocycles. The third kappa shape index (κ3) is 3.67. The van der Waals surface area contributed by atoms with E-state index in [9.17, 15) is 9.59 Å². The Hall–Kier alpha value is -2.20. The van der Waals surface area contributed by atoms with E-state index in [0.717, 1.165) is 17.7 Å². The molecule has 1 amide bonds. The number of quaternary nitrogens is 1. The number of aryl methyl sites for hydroxylation is 1. The molecule has 7 nitrogen and oxygen atoms in total. The zero-order valence-electron chi connectivity index (χ0n) is 12.6. The molecule has 112 valence electrons. The summed E-state index contributed by atoms with van der Waals surface area (Å²) < 4.78 is 1.26. The largest absolute Gasteiger partial charge is 0.348 e. The monoisotopic (exact) mass is 290 g/mol. The first-order valence-corrected chi connectivity index (χ1v) is 7.01. The summed E-state index contributed by atoms with van der Waals surface area (Å²) in [6, 6.07) is 2.26. The van der Waals surface area contributed by atoms with E-state index in [2.05, 4.69) is 10.4 Å². The number of nitriles is 1. The van der Waals surface area contributed by atoms with Gasteiger partial charge in [0.25, 0.3) is 11.5 Å². The topological polar surface area (TPSA) is 92.2 Å². The second kappa shape index (κ2) is 6.06. The van der Waals surface area contributed by atoms with Gasteiger partial charge < -0.3 is 10.2 Å². The van der Waals surface area contributed by atoms with Crippen molar-refractivity contribution in [1.29, 1.82) is 5.26 Å². The van der Waals surface area contributed by atoms with Crippen LogP contribution in [0.5, 0.6) is 0 Å². The van der Waals surface area contributed by atoms with Crippen molar-refractivity contribution in [2.75, 3.05) is 13.6 Å². The lowest BCUT2D eigenvalue weighted by Crippen LogP contribution is -3.10. The van der Waals surface area contributed by atoms with Gasteiger partial charge >= 0.3 is 0 Å². The fourth-order valence-electron chi connectivity index (χ4n) is 2.10. The van der Waals surface area contributed by atoms with Crippen LogP contribution < -0.4 is 15.8 Å². The molecule has 1 aromatic rings. The molecule has 2 rings (SSSR count). The van der Waals surface area contributed by atoms with E-state index in [1.54, 1.807) is 13.8 Å². The average molecular weight is 290 g/mol. The maximum absolute atomic E-state index is 12.1. The van der Waals surface area contributed by atoms with Crippen molar-refractivity contribution in [2.24, 2.45) is 0 Å². The highest BCUT2D eigenvalue weighted by molar-refractivity contribution is 5.77. The summed E-state index contributed by atoms with van der Waals surface area (Å²) in [5, 5.41) is 16.2. The van der Waals surface area contributed by atoms with Crippen molar-refractivity contribution in [3.05, 3.63) is 27.2 Å². The van der Waals surface area contributed by atoms with Crippen molar-refractivity contribution < 1.29 is 9.69 Å². The highest BCUT2D eigenvalue weighted by Gasteiger charge is 2.24. The number of hydrogen-bond acceptors (Lipinski definition) is 4. The predicted molar refractivity (Wildman–Crippen MR) is 75.6 cm³/mol. The van der Waals surface area contributed by atoms with Crippen LogP contribution in [-0.2, 0) is 11.5 Å². The Labute approximate surface area is 123 Å². The second-order valence-corrected chi connectivity index (χ2v) is 5.64. The van der Waals surface area contributed by atoms with Gasteiger partial charge in [-0.3, -0.25) is 9.59 Å². The van der Waals surface area contributed by atoms with Crippen LogP contribution in [0, 0.1) is 25.2 Å². The van der Waals surface area contributed by atoms with Gasteiger partial charge in [-0.1, -0.05) is 0 Å². The van der Waals surface area contributed by atoms with E-state index in [0.29, 0.717) is 17.3 Å². The van der Waals surface area contributed by atoms with Crippen LogP contribution in [0.2, 0.25) is 0 Å². The Morgan fingerprint density at radius 2 is 2.19 bits per heavy atom. The smallest absolute Gasteiger partial charge is 0.289 e. The van der Waals surface area contributed by atoms with Crippen LogP contribution in [-0.4, -0.2) is 35.3 Å². The summed E-state index contributed by atoms with van der Waals surface area (Å²) in [4.78, 5) is 24.7. The van der Waals surface area contributed by atoms with E-state index in [1.807, 2.05) is 13.1 Å². The molecule has 0 bridgehead atoms. The van der Waals surface area contributed by atoms with E-state index >= 15 is 0 Å². The molecule has 1 heterocycles. The summed E-state index contributed by atoms with van der Waals surface area (Å²) >= 11 is 0. The zero-order chi connectivity index (χ0) is 15.6. The predicted octanol–water partition coefficient (Wildman–Crippen LogP) is -1.52. The Morgan fingerprint density at radius 1 is 1.52 bits per heavy atom. The van der Waals surface area contributed by atoms with Crippen LogP contribution in [0.15, 0.2) is 4.79 Å². The number of hydrogen-bond donors (Lipinski definition) is 2. The minimum absolute atomic E-state index is 0.0209. The SMILES string of the molecule is Cc1nn(C[NH+](C)CC(=O)NC2CC2)c(=O)c(C#N)c1C. The molecule has 0 radical (unpaired) electrons. The van der Waals surface area contributed by atoms with Gasteiger partial charge in [0.2, 0.25) is 0 Å². The lowest BCUT2D eigenvalue weighted by atomic mass is 10.1. The average Bonchev–Trinajstić information content (AvgIpc) is 3.20. The number of amides is 1. The molecule has 1 aliphatic carbocycles. The number of rotatable bonds is 5. The summed E-state index contributed by atoms with van der Waals surface area (Å²) in [6.07, 6.45) is 2.10. The maximum Gasteiger partial charge on any atom is 0.289 e. The molecule has 2 N–H and O–H groups in total. The molecule has 0 spiro atoms. The molecular formula is C14H20N5O2+. The van der Waals surface area contributed by atoms with Crippen LogP contribution in [0.4, 0.5) is 0 Å². The molecule has 1 aromatic heterocycles. The van der Waals surface area contributed by atoms with Gasteiger partial charge in [0.15, 0.2) is 13.2 Å². The van der Waals surface area contributed by atoms with Crippen molar-refractivity contribution in [3.8, 4) is 6.07 Å². The first-order valence-electron chi connectivity index (χ1n) is 7.01. The van der Waals surface area contributed by atoms with Gasteiger partial charge in [0, 0.05) is 6.04 Å². The summed E-state index contributed by atoms with van der Waals surface area (Å²) in [7, 11) is 1.82. The van der Waals surface area contributed by atoms with Crippen molar-refractivity contribution in [2.45, 2.75) is 39.4 Å². The number of nitrogens with zero attached hydrogens (tertiary/aromatic N) is 3. The normalized spacial score (nSPS) is 15.3. The molecule has 0 saturated heterocycles. The Bertz CT molecular complexity index is 655. The number of aromatic nitrogens is 2. The zero-order valence-corrected chi connectivity index (χ0v) is 12.6. The van der Waals surface area contributed by atoms with Crippen LogP contribution >= 0.6 is 0 Å². The van der Waals surface area contributed by atoms with Gasteiger partial charge in [0.05, 0.1) is 12.7 Å². The second-order valence-electron chi connectivity index (χ2n) is 5.64. The number of nitrogens with one attached hydrogen (secondary N) is 2. The fraction of sp³-hybridized carbons (Fsp3) is 0.571. The number of carbonyl (C=O) groups excluding carboxylic acids is 1. The summed E-state index contributed by atoms with van der Waals surface area (Å²) in [6.45, 7) is 4.01. The molecule has 0 aliphatic heterocycles. The van der Waals surface area contributed by atoms with E-state index in [-0.39, 0.29) is 24.7 Å². The fourth-order valence-corrected chi connectivity index (χ4v) is 2.10. The molecule has 1 atom stereocenters. The molecule has 0 aromatic carbocycles. The first kappa shape index (κ1) is 15.2. The van der Waals surface area contributed by atoms with E-state index < -0.39 is 5.56 Å². The van der Waals surface area contributed by atoms with Crippen LogP contribution in [0.1, 0.15) is 29.7 Å². The standard InChI is InChI=1S/C14H19N5O2/c1-9-10(2)17-19(14(21)12(9)6-15)8-18(3)7-13(20)16-11-4-5-11/h11H,4-5,7-8H2,1-3H3,(H,16,20)/p+1. The van der Waals surface area contributed by atoms with Gasteiger partial charge in [-0.05, 0) is 32.3 Å². The maximum atomic E-state index is 12.1. The highest BCUT2D eigenvalue weighted by Crippen LogP contribution is 2.17. The molecular weight excluding hydrogens is 270 g/mol. The minimum atomic E-state index is -0.400. The number of carbonyl (C=O) groups is 1. The van der Waals surface area contributed by atoms with E-state index in [1.165, 1.54) is 4.68 Å². The summed E-state index contributed by atoms with van der Waals surface area (Å²) in [5.74, 6) is -0.0209. The van der Waals surface area contributed by atoms with E-state index in [4.69, 9.17) is 5.26 Å². The molecule has 1 unspecified atom stereocenters. The molecule has 7 heteroatoms. The summed E-state index contributed by atoms with van der Waals surface area (Å²) in [5.41, 5.74) is 0.990. The Morgan fingerprint density at radius 3 is 2.76 bits per heavy atom. The lowest BCUT2D eigenvalue weighted by molar-refractivity contribution is -0.895. The molecule has 1 aliphatic rings. The quantitative estimate of drug-likeness (QED) is 0.689. The van der Waals surface area contributed by atoms with Gasteiger partial charge in [-0.15, -0.1) is 0 Å². The van der Waals surface area contributed by atoms with Gasteiger partial charge in [-0.25, -0.2) is 0 Å². The Kier molecular flexibility index (Phi) is 4.38. The Balaban J connectivity index is 2.08. The highest BCUT2D eigenvalue weighted by atomic mass is 16.2. The van der Waals surface area contributed by atoms with Crippen LogP contribution in [0.3, 0.4) is 0 Å². The van der Waals surface area contributed by atoms with Crippen molar-refractivity contribution >= 4 is 5.91 Å². The number of likely N-dealkylation sites (N-methyl/N-ethyl adjacent to an activating group) is 1. The van der Waals surface area contributed by atoms with Gasteiger partial charge in [0.1, 0.15) is 11.6 Å². The molecule has 1 fully saturated rings. The van der Waals surface area contributed by atoms with Crippen LogP contribution in [0.25, 0.3) is 0 Å². The van der Waals surface area contributed by atoms with Crippen molar-refractivity contribution in [3.63, 3.8) is 0 Å². The third-order valence-corrected chi connectivity index (χ3v) is 3.57. The lowest BCUT2D eigenvalue weighted by Gasteiger charge is -2.15. The van der Waals surface area contributed by atoms with Crippen molar-refractivity contribution in [1.82, 2.24) is 15.1 Å². The first-order chi connectivity index (χ1) is 9.92. The third-order valence-electron chi connectivity index (χ3n) is 3.57. The van der Waals surface area contributed by atoms with Gasteiger partial charge in [-0.2, -0.15) is 15.0 Å². The minimum Gasteiger partial charge on any atom is -0.348 e. The molecule has 21 heavy (non-hydrogen) atoms.